The number of hydrogen-bond donors (Lipinski definition) is 2. The van der Waals surface area contributed by atoms with Crippen LogP contribution in [0.5, 0.6) is 0 Å². The summed E-state index contributed by atoms with van der Waals surface area (Å²) in [7, 11) is 0. The predicted molar refractivity (Wildman–Crippen MR) is 86.8 cm³/mol. The molecule has 3 rings (SSSR count). The Kier molecular flexibility index (Phi) is 5.13. The molecular formula is C16H21N3O2S. The van der Waals surface area contributed by atoms with Crippen molar-refractivity contribution in [2.75, 3.05) is 19.6 Å². The normalized spacial score (nSPS) is 16.5. The summed E-state index contributed by atoms with van der Waals surface area (Å²) in [5.74, 6) is 0. The molecule has 22 heavy (non-hydrogen) atoms. The standard InChI is InChI=1S/C16H21N3O2S/c20-16(17-10-13-5-8-21-12-13)18-11-14(15-4-3-9-22-15)19-6-1-2-7-19/h3-5,8-9,12,14H,1-2,6-7,10-11H2,(H2,17,18,20)/t14-/m0/s1. The average molecular weight is 319 g/mol. The Labute approximate surface area is 134 Å². The lowest BCUT2D eigenvalue weighted by Crippen LogP contribution is -2.41. The number of thiophene rings is 1. The number of rotatable bonds is 6. The minimum absolute atomic E-state index is 0.137. The molecule has 2 amide bonds. The highest BCUT2D eigenvalue weighted by atomic mass is 32.1. The van der Waals surface area contributed by atoms with Gasteiger partial charge in [-0.15, -0.1) is 11.3 Å². The fourth-order valence-electron chi connectivity index (χ4n) is 2.77. The molecule has 0 radical (unpaired) electrons. The third kappa shape index (κ3) is 3.90. The number of nitrogens with zero attached hydrogens (tertiary/aromatic N) is 1. The van der Waals surface area contributed by atoms with Gasteiger partial charge in [0.05, 0.1) is 18.6 Å². The van der Waals surface area contributed by atoms with E-state index < -0.39 is 0 Å². The predicted octanol–water partition coefficient (Wildman–Crippen LogP) is 2.98. The third-order valence-electron chi connectivity index (χ3n) is 3.94. The van der Waals surface area contributed by atoms with E-state index in [4.69, 9.17) is 4.42 Å². The number of carbonyl (C=O) groups is 1. The molecule has 0 spiro atoms. The highest BCUT2D eigenvalue weighted by molar-refractivity contribution is 7.10. The van der Waals surface area contributed by atoms with Crippen LogP contribution in [-0.2, 0) is 6.54 Å². The summed E-state index contributed by atoms with van der Waals surface area (Å²) in [6.45, 7) is 3.34. The summed E-state index contributed by atoms with van der Waals surface area (Å²) in [6, 6.07) is 6.21. The molecule has 6 heteroatoms. The Hall–Kier alpha value is -1.79. The zero-order valence-electron chi connectivity index (χ0n) is 12.5. The van der Waals surface area contributed by atoms with Crippen LogP contribution in [0.4, 0.5) is 4.79 Å². The van der Waals surface area contributed by atoms with Gasteiger partial charge in [0.15, 0.2) is 0 Å². The maximum absolute atomic E-state index is 12.0. The molecule has 2 aromatic heterocycles. The van der Waals surface area contributed by atoms with E-state index in [1.807, 2.05) is 6.07 Å². The minimum Gasteiger partial charge on any atom is -0.472 e. The molecule has 0 bridgehead atoms. The Morgan fingerprint density at radius 1 is 1.32 bits per heavy atom. The number of likely N-dealkylation sites (tertiary alicyclic amines) is 1. The summed E-state index contributed by atoms with van der Waals surface area (Å²) in [5, 5.41) is 7.94. The lowest BCUT2D eigenvalue weighted by atomic mass is 10.2. The van der Waals surface area contributed by atoms with Crippen molar-refractivity contribution in [3.63, 3.8) is 0 Å². The lowest BCUT2D eigenvalue weighted by molar-refractivity contribution is 0.222. The maximum atomic E-state index is 12.0. The molecule has 1 fully saturated rings. The van der Waals surface area contributed by atoms with Gasteiger partial charge in [-0.3, -0.25) is 4.90 Å². The zero-order chi connectivity index (χ0) is 15.2. The van der Waals surface area contributed by atoms with Crippen molar-refractivity contribution in [2.24, 2.45) is 0 Å². The first kappa shape index (κ1) is 15.1. The van der Waals surface area contributed by atoms with E-state index >= 15 is 0 Å². The van der Waals surface area contributed by atoms with Crippen molar-refractivity contribution in [3.8, 4) is 0 Å². The zero-order valence-corrected chi connectivity index (χ0v) is 13.3. The third-order valence-corrected chi connectivity index (χ3v) is 4.92. The fourth-order valence-corrected chi connectivity index (χ4v) is 3.63. The highest BCUT2D eigenvalue weighted by Crippen LogP contribution is 2.27. The molecule has 0 saturated carbocycles. The molecule has 3 heterocycles. The van der Waals surface area contributed by atoms with E-state index in [0.717, 1.165) is 18.7 Å². The topological polar surface area (TPSA) is 57.5 Å². The lowest BCUT2D eigenvalue weighted by Gasteiger charge is -2.26. The Morgan fingerprint density at radius 3 is 2.86 bits per heavy atom. The molecule has 1 aliphatic heterocycles. The summed E-state index contributed by atoms with van der Waals surface area (Å²) in [4.78, 5) is 15.7. The molecule has 0 aliphatic carbocycles. The Balaban J connectivity index is 1.51. The van der Waals surface area contributed by atoms with Gasteiger partial charge in [0.1, 0.15) is 0 Å². The van der Waals surface area contributed by atoms with Crippen LogP contribution in [0.3, 0.4) is 0 Å². The van der Waals surface area contributed by atoms with E-state index in [1.165, 1.54) is 17.7 Å². The SMILES string of the molecule is O=C(NCc1ccoc1)NC[C@@H](c1cccs1)N1CCCC1. The molecule has 0 unspecified atom stereocenters. The van der Waals surface area contributed by atoms with Crippen molar-refractivity contribution in [1.82, 2.24) is 15.5 Å². The highest BCUT2D eigenvalue weighted by Gasteiger charge is 2.24. The summed E-state index contributed by atoms with van der Waals surface area (Å²) in [5.41, 5.74) is 0.962. The van der Waals surface area contributed by atoms with Gasteiger partial charge in [-0.05, 0) is 43.4 Å². The van der Waals surface area contributed by atoms with Crippen molar-refractivity contribution in [2.45, 2.75) is 25.4 Å². The summed E-state index contributed by atoms with van der Waals surface area (Å²) >= 11 is 1.76. The van der Waals surface area contributed by atoms with Crippen molar-refractivity contribution < 1.29 is 9.21 Å². The molecule has 0 aromatic carbocycles. The number of nitrogens with one attached hydrogen (secondary N) is 2. The minimum atomic E-state index is -0.137. The summed E-state index contributed by atoms with van der Waals surface area (Å²) in [6.07, 6.45) is 5.73. The smallest absolute Gasteiger partial charge is 0.315 e. The average Bonchev–Trinajstić information content (AvgIpc) is 3.27. The second-order valence-corrected chi connectivity index (χ2v) is 6.45. The molecule has 2 aromatic rings. The second kappa shape index (κ2) is 7.47. The van der Waals surface area contributed by atoms with E-state index in [9.17, 15) is 4.79 Å². The fraction of sp³-hybridized carbons (Fsp3) is 0.438. The molecule has 1 saturated heterocycles. The van der Waals surface area contributed by atoms with E-state index in [-0.39, 0.29) is 12.1 Å². The molecular weight excluding hydrogens is 298 g/mol. The summed E-state index contributed by atoms with van der Waals surface area (Å²) < 4.78 is 4.98. The quantitative estimate of drug-likeness (QED) is 0.860. The van der Waals surface area contributed by atoms with Crippen LogP contribution in [0.2, 0.25) is 0 Å². The molecule has 2 N–H and O–H groups in total. The van der Waals surface area contributed by atoms with Gasteiger partial charge in [-0.2, -0.15) is 0 Å². The van der Waals surface area contributed by atoms with Crippen molar-refractivity contribution in [1.29, 1.82) is 0 Å². The molecule has 1 aliphatic rings. The van der Waals surface area contributed by atoms with Gasteiger partial charge in [-0.1, -0.05) is 6.07 Å². The van der Waals surface area contributed by atoms with Crippen LogP contribution >= 0.6 is 11.3 Å². The second-order valence-electron chi connectivity index (χ2n) is 5.47. The van der Waals surface area contributed by atoms with E-state index in [2.05, 4.69) is 33.0 Å². The number of carbonyl (C=O) groups excluding carboxylic acids is 1. The number of furan rings is 1. The van der Waals surface area contributed by atoms with Gasteiger partial charge in [-0.25, -0.2) is 4.79 Å². The Morgan fingerprint density at radius 2 is 2.18 bits per heavy atom. The van der Waals surface area contributed by atoms with Gasteiger partial charge in [0.2, 0.25) is 0 Å². The van der Waals surface area contributed by atoms with Gasteiger partial charge < -0.3 is 15.1 Å². The van der Waals surface area contributed by atoms with Crippen LogP contribution in [0.15, 0.2) is 40.5 Å². The number of urea groups is 1. The van der Waals surface area contributed by atoms with Crippen molar-refractivity contribution >= 4 is 17.4 Å². The van der Waals surface area contributed by atoms with Crippen LogP contribution in [0.25, 0.3) is 0 Å². The van der Waals surface area contributed by atoms with Crippen LogP contribution in [0.1, 0.15) is 29.3 Å². The Bertz CT molecular complexity index is 562. The van der Waals surface area contributed by atoms with Gasteiger partial charge in [0.25, 0.3) is 0 Å². The first-order valence-electron chi connectivity index (χ1n) is 7.63. The maximum Gasteiger partial charge on any atom is 0.315 e. The van der Waals surface area contributed by atoms with Crippen LogP contribution < -0.4 is 10.6 Å². The molecule has 118 valence electrons. The van der Waals surface area contributed by atoms with Crippen LogP contribution in [0, 0.1) is 0 Å². The van der Waals surface area contributed by atoms with Gasteiger partial charge >= 0.3 is 6.03 Å². The molecule has 1 atom stereocenters. The largest absolute Gasteiger partial charge is 0.472 e. The van der Waals surface area contributed by atoms with E-state index in [1.54, 1.807) is 23.9 Å². The monoisotopic (exact) mass is 319 g/mol. The van der Waals surface area contributed by atoms with E-state index in [0.29, 0.717) is 13.1 Å². The first-order chi connectivity index (χ1) is 10.8. The first-order valence-corrected chi connectivity index (χ1v) is 8.51. The van der Waals surface area contributed by atoms with Gasteiger partial charge in [0, 0.05) is 23.5 Å². The van der Waals surface area contributed by atoms with Crippen LogP contribution in [-0.4, -0.2) is 30.6 Å². The molecule has 5 nitrogen and oxygen atoms in total. The number of amides is 2. The van der Waals surface area contributed by atoms with Crippen molar-refractivity contribution in [3.05, 3.63) is 46.5 Å². The number of hydrogen-bond acceptors (Lipinski definition) is 4.